The topological polar surface area (TPSA) is 63.1 Å². The number of nitrogens with one attached hydrogen (secondary N) is 2. The lowest BCUT2D eigenvalue weighted by Crippen LogP contribution is -2.37. The zero-order chi connectivity index (χ0) is 18.4. The molecule has 1 aromatic carbocycles. The number of amides is 2. The van der Waals surface area contributed by atoms with E-state index in [0.29, 0.717) is 18.2 Å². The summed E-state index contributed by atoms with van der Waals surface area (Å²) in [7, 11) is 0. The van der Waals surface area contributed by atoms with Crippen LogP contribution in [0.1, 0.15) is 50.6 Å². The number of hydrogen-bond donors (Lipinski definition) is 2. The lowest BCUT2D eigenvalue weighted by atomic mass is 9.81. The molecule has 3 rings (SSSR count). The molecule has 0 bridgehead atoms. The van der Waals surface area contributed by atoms with Gasteiger partial charge in [0, 0.05) is 18.8 Å². The Morgan fingerprint density at radius 1 is 1.12 bits per heavy atom. The highest BCUT2D eigenvalue weighted by Gasteiger charge is 2.26. The molecule has 1 aromatic heterocycles. The number of rotatable bonds is 5. The molecule has 1 saturated carbocycles. The first kappa shape index (κ1) is 18.2. The number of aromatic nitrogens is 1. The Morgan fingerprint density at radius 3 is 2.54 bits per heavy atom. The average Bonchev–Trinajstić information content (AvgIpc) is 2.69. The van der Waals surface area contributed by atoms with Gasteiger partial charge in [-0.05, 0) is 37.3 Å². The molecule has 5 nitrogen and oxygen atoms in total. The van der Waals surface area contributed by atoms with Crippen LogP contribution in [-0.4, -0.2) is 10.6 Å². The second-order valence-electron chi connectivity index (χ2n) is 6.93. The van der Waals surface area contributed by atoms with Gasteiger partial charge in [0.15, 0.2) is 0 Å². The predicted octanol–water partition coefficient (Wildman–Crippen LogP) is 4.31. The lowest BCUT2D eigenvalue weighted by molar-refractivity contribution is 0.232. The maximum atomic E-state index is 12.6. The van der Waals surface area contributed by atoms with Crippen LogP contribution in [0.3, 0.4) is 0 Å². The number of anilines is 1. The van der Waals surface area contributed by atoms with E-state index < -0.39 is 0 Å². The normalized spacial score (nSPS) is 16.0. The number of nitrogens with zero attached hydrogens (tertiary/aromatic N) is 1. The first-order valence-electron chi connectivity index (χ1n) is 9.50. The summed E-state index contributed by atoms with van der Waals surface area (Å²) in [5.74, 6) is 0.460. The molecular formula is C21H27N3O2. The van der Waals surface area contributed by atoms with E-state index in [2.05, 4.69) is 22.8 Å². The fourth-order valence-corrected chi connectivity index (χ4v) is 3.76. The van der Waals surface area contributed by atoms with Gasteiger partial charge in [-0.1, -0.05) is 49.6 Å². The number of pyridine rings is 1. The minimum Gasteiger partial charge on any atom is -0.331 e. The summed E-state index contributed by atoms with van der Waals surface area (Å²) < 4.78 is 1.57. The van der Waals surface area contributed by atoms with Crippen molar-refractivity contribution in [1.82, 2.24) is 9.88 Å². The monoisotopic (exact) mass is 353 g/mol. The Bertz CT molecular complexity index is 779. The van der Waals surface area contributed by atoms with Crippen molar-refractivity contribution in [2.45, 2.75) is 51.6 Å². The molecule has 2 aromatic rings. The second-order valence-corrected chi connectivity index (χ2v) is 6.93. The average molecular weight is 353 g/mol. The first-order chi connectivity index (χ1) is 12.7. The second kappa shape index (κ2) is 8.70. The smallest absolute Gasteiger partial charge is 0.319 e. The van der Waals surface area contributed by atoms with Crippen molar-refractivity contribution in [3.05, 3.63) is 64.6 Å². The van der Waals surface area contributed by atoms with E-state index in [1.807, 2.05) is 25.1 Å². The number of urea groups is 1. The van der Waals surface area contributed by atoms with E-state index in [1.54, 1.807) is 16.8 Å². The predicted molar refractivity (Wildman–Crippen MR) is 104 cm³/mol. The van der Waals surface area contributed by atoms with Crippen LogP contribution >= 0.6 is 0 Å². The van der Waals surface area contributed by atoms with E-state index in [-0.39, 0.29) is 17.6 Å². The first-order valence-corrected chi connectivity index (χ1v) is 9.50. The Hall–Kier alpha value is -2.56. The molecule has 2 N–H and O–H groups in total. The fourth-order valence-electron chi connectivity index (χ4n) is 3.76. The van der Waals surface area contributed by atoms with E-state index in [4.69, 9.17) is 0 Å². The number of benzene rings is 1. The third-order valence-electron chi connectivity index (χ3n) is 5.15. The van der Waals surface area contributed by atoms with Gasteiger partial charge in [0.2, 0.25) is 0 Å². The summed E-state index contributed by atoms with van der Waals surface area (Å²) in [6, 6.07) is 13.1. The van der Waals surface area contributed by atoms with Crippen molar-refractivity contribution in [1.29, 1.82) is 0 Å². The Balaban J connectivity index is 1.73. The molecule has 1 atom stereocenters. The number of aryl methyl sites for hydroxylation is 1. The Labute approximate surface area is 154 Å². The molecule has 2 amide bonds. The van der Waals surface area contributed by atoms with Gasteiger partial charge in [0.25, 0.3) is 5.56 Å². The maximum absolute atomic E-state index is 12.6. The van der Waals surface area contributed by atoms with Crippen molar-refractivity contribution in [2.75, 3.05) is 5.32 Å². The van der Waals surface area contributed by atoms with Crippen LogP contribution < -0.4 is 16.2 Å². The largest absolute Gasteiger partial charge is 0.331 e. The van der Waals surface area contributed by atoms with Gasteiger partial charge in [-0.2, -0.15) is 0 Å². The van der Waals surface area contributed by atoms with E-state index in [1.165, 1.54) is 25.3 Å². The molecular weight excluding hydrogens is 326 g/mol. The summed E-state index contributed by atoms with van der Waals surface area (Å²) in [5, 5.41) is 6.04. The lowest BCUT2D eigenvalue weighted by Gasteiger charge is -2.31. The van der Waals surface area contributed by atoms with E-state index in [0.717, 1.165) is 18.4 Å². The van der Waals surface area contributed by atoms with Gasteiger partial charge in [-0.3, -0.25) is 4.79 Å². The highest BCUT2D eigenvalue weighted by atomic mass is 16.2. The molecule has 1 aliphatic carbocycles. The third-order valence-corrected chi connectivity index (χ3v) is 5.15. The molecule has 138 valence electrons. The molecule has 26 heavy (non-hydrogen) atoms. The summed E-state index contributed by atoms with van der Waals surface area (Å²) in [4.78, 5) is 24.3. The Morgan fingerprint density at radius 2 is 1.85 bits per heavy atom. The van der Waals surface area contributed by atoms with Gasteiger partial charge >= 0.3 is 6.03 Å². The molecule has 0 radical (unpaired) electrons. The fraction of sp³-hybridized carbons (Fsp3) is 0.429. The van der Waals surface area contributed by atoms with Crippen LogP contribution in [0, 0.1) is 5.92 Å². The van der Waals surface area contributed by atoms with Gasteiger partial charge in [-0.15, -0.1) is 0 Å². The van der Waals surface area contributed by atoms with Crippen molar-refractivity contribution >= 4 is 11.7 Å². The van der Waals surface area contributed by atoms with Crippen LogP contribution in [0.4, 0.5) is 10.5 Å². The number of carbonyl (C=O) groups is 1. The Kier molecular flexibility index (Phi) is 6.10. The summed E-state index contributed by atoms with van der Waals surface area (Å²) in [6.45, 7) is 2.48. The van der Waals surface area contributed by atoms with Gasteiger partial charge in [0.05, 0.1) is 11.7 Å². The van der Waals surface area contributed by atoms with Crippen molar-refractivity contribution in [3.63, 3.8) is 0 Å². The molecule has 0 saturated heterocycles. The molecule has 1 heterocycles. The van der Waals surface area contributed by atoms with Crippen LogP contribution in [0.15, 0.2) is 53.5 Å². The SMILES string of the molecule is CCn1cc(NC(=O)NC(c2ccccc2)C2CCCCC2)ccc1=O. The van der Waals surface area contributed by atoms with Crippen LogP contribution in [-0.2, 0) is 6.54 Å². The van der Waals surface area contributed by atoms with Crippen molar-refractivity contribution in [3.8, 4) is 0 Å². The quantitative estimate of drug-likeness (QED) is 0.841. The molecule has 1 aliphatic rings. The number of hydrogen-bond acceptors (Lipinski definition) is 2. The van der Waals surface area contributed by atoms with Crippen molar-refractivity contribution in [2.24, 2.45) is 5.92 Å². The van der Waals surface area contributed by atoms with Gasteiger partial charge in [0.1, 0.15) is 0 Å². The zero-order valence-electron chi connectivity index (χ0n) is 15.3. The van der Waals surface area contributed by atoms with Crippen LogP contribution in [0.25, 0.3) is 0 Å². The van der Waals surface area contributed by atoms with Gasteiger partial charge < -0.3 is 15.2 Å². The highest BCUT2D eigenvalue weighted by Crippen LogP contribution is 2.34. The van der Waals surface area contributed by atoms with Crippen LogP contribution in [0.5, 0.6) is 0 Å². The summed E-state index contributed by atoms with van der Waals surface area (Å²) in [5.41, 5.74) is 1.70. The minimum absolute atomic E-state index is 0.00794. The molecule has 5 heteroatoms. The summed E-state index contributed by atoms with van der Waals surface area (Å²) in [6.07, 6.45) is 7.68. The highest BCUT2D eigenvalue weighted by molar-refractivity contribution is 5.89. The van der Waals surface area contributed by atoms with E-state index in [9.17, 15) is 9.59 Å². The summed E-state index contributed by atoms with van der Waals surface area (Å²) >= 11 is 0. The molecule has 1 unspecified atom stereocenters. The molecule has 0 aliphatic heterocycles. The van der Waals surface area contributed by atoms with Gasteiger partial charge in [-0.25, -0.2) is 4.79 Å². The van der Waals surface area contributed by atoms with E-state index >= 15 is 0 Å². The molecule has 1 fully saturated rings. The number of carbonyl (C=O) groups excluding carboxylic acids is 1. The van der Waals surface area contributed by atoms with Crippen molar-refractivity contribution < 1.29 is 4.79 Å². The minimum atomic E-state index is -0.231. The zero-order valence-corrected chi connectivity index (χ0v) is 15.3. The third kappa shape index (κ3) is 4.54. The standard InChI is InChI=1S/C21H27N3O2/c1-2-24-15-18(13-14-19(24)25)22-21(26)23-20(16-9-5-3-6-10-16)17-11-7-4-8-12-17/h3,5-6,9-10,13-15,17,20H,2,4,7-8,11-12H2,1H3,(H2,22,23,26). The molecule has 0 spiro atoms. The maximum Gasteiger partial charge on any atom is 0.319 e. The van der Waals surface area contributed by atoms with Crippen LogP contribution in [0.2, 0.25) is 0 Å².